The van der Waals surface area contributed by atoms with Gasteiger partial charge in [-0.05, 0) is 99.3 Å². The van der Waals surface area contributed by atoms with Crippen LogP contribution < -0.4 is 4.74 Å². The van der Waals surface area contributed by atoms with E-state index in [0.29, 0.717) is 23.7 Å². The van der Waals surface area contributed by atoms with Crippen molar-refractivity contribution in [3.63, 3.8) is 0 Å². The van der Waals surface area contributed by atoms with E-state index in [2.05, 4.69) is 54.6 Å². The molecular weight excluding hydrogens is 649 g/mol. The zero-order chi connectivity index (χ0) is 33.7. The standard InChI is InChI=1S/C42H36O5S2/c1-32-24-26-37(27-25-32)49(43,44)47-48(35-15-4-2-5-16-35,36-17-6-3-7-18-36)42-23-13-12-22-41(42)46-31-45-29-28-34-30-33-14-8-9-19-38(33)40-21-11-10-20-39(34)40/h2-27,30H,28-29,31H2,1H3. The van der Waals surface area contributed by atoms with E-state index in [9.17, 15) is 8.42 Å². The van der Waals surface area contributed by atoms with E-state index >= 15 is 0 Å². The van der Waals surface area contributed by atoms with Crippen molar-refractivity contribution in [3.8, 4) is 5.75 Å². The summed E-state index contributed by atoms with van der Waals surface area (Å²) in [5.74, 6) is 0.487. The van der Waals surface area contributed by atoms with Gasteiger partial charge in [0.1, 0.15) is 5.75 Å². The molecule has 0 unspecified atom stereocenters. The van der Waals surface area contributed by atoms with Gasteiger partial charge >= 0.3 is 10.1 Å². The third kappa shape index (κ3) is 6.71. The molecule has 0 aliphatic heterocycles. The third-order valence-corrected chi connectivity index (χ3v) is 13.7. The van der Waals surface area contributed by atoms with Crippen LogP contribution in [0, 0.1) is 6.92 Å². The van der Waals surface area contributed by atoms with Crippen LogP contribution in [0.4, 0.5) is 0 Å². The Labute approximate surface area is 289 Å². The number of rotatable bonds is 12. The summed E-state index contributed by atoms with van der Waals surface area (Å²) in [6, 6.07) is 52.3. The molecular formula is C42H36O5S2. The minimum absolute atomic E-state index is 0.0215. The Balaban J connectivity index is 1.21. The van der Waals surface area contributed by atoms with E-state index in [-0.39, 0.29) is 11.7 Å². The Morgan fingerprint density at radius 2 is 1.12 bits per heavy atom. The van der Waals surface area contributed by atoms with Crippen LogP contribution in [0.1, 0.15) is 11.1 Å². The SMILES string of the molecule is Cc1ccc(S(=O)(=O)OS(c2ccccc2)(c2ccccc2)c2ccccc2OCOCCc2cc3ccccc3c3ccccc23)cc1. The molecule has 246 valence electrons. The average molecular weight is 685 g/mol. The lowest BCUT2D eigenvalue weighted by molar-refractivity contribution is 0.0153. The highest BCUT2D eigenvalue weighted by molar-refractivity contribution is 8.33. The van der Waals surface area contributed by atoms with Gasteiger partial charge in [0.05, 0.1) is 16.4 Å². The number of para-hydroxylation sites is 1. The first-order valence-electron chi connectivity index (χ1n) is 16.1. The van der Waals surface area contributed by atoms with E-state index in [1.165, 1.54) is 27.1 Å². The van der Waals surface area contributed by atoms with Crippen molar-refractivity contribution >= 4 is 42.0 Å². The Kier molecular flexibility index (Phi) is 9.51. The van der Waals surface area contributed by atoms with E-state index in [1.807, 2.05) is 91.9 Å². The highest BCUT2D eigenvalue weighted by Gasteiger charge is 2.40. The summed E-state index contributed by atoms with van der Waals surface area (Å²) in [5, 5.41) is 4.87. The van der Waals surface area contributed by atoms with Gasteiger partial charge in [0.15, 0.2) is 6.79 Å². The van der Waals surface area contributed by atoms with E-state index < -0.39 is 20.4 Å². The summed E-state index contributed by atoms with van der Waals surface area (Å²) in [7, 11) is -7.12. The fourth-order valence-electron chi connectivity index (χ4n) is 6.10. The molecule has 0 aliphatic rings. The van der Waals surface area contributed by atoms with Gasteiger partial charge in [-0.15, -0.1) is 0 Å². The Morgan fingerprint density at radius 1 is 0.551 bits per heavy atom. The van der Waals surface area contributed by atoms with Gasteiger partial charge in [-0.2, -0.15) is 8.42 Å². The molecule has 7 rings (SSSR count). The second kappa shape index (κ2) is 14.3. The highest BCUT2D eigenvalue weighted by Crippen LogP contribution is 2.72. The number of fused-ring (bicyclic) bond motifs is 3. The lowest BCUT2D eigenvalue weighted by atomic mass is 9.96. The monoisotopic (exact) mass is 684 g/mol. The second-order valence-corrected chi connectivity index (χ2v) is 16.1. The Bertz CT molecular complexity index is 2270. The number of hydrogen-bond acceptors (Lipinski definition) is 5. The van der Waals surface area contributed by atoms with Crippen molar-refractivity contribution in [2.45, 2.75) is 32.9 Å². The smallest absolute Gasteiger partial charge is 0.307 e. The molecule has 0 fully saturated rings. The molecule has 0 saturated carbocycles. The van der Waals surface area contributed by atoms with Crippen LogP contribution in [0.25, 0.3) is 21.5 Å². The predicted octanol–water partition coefficient (Wildman–Crippen LogP) is 10.5. The first-order valence-corrected chi connectivity index (χ1v) is 19.1. The van der Waals surface area contributed by atoms with Crippen LogP contribution in [0.2, 0.25) is 0 Å². The minimum atomic E-state index is -4.24. The fourth-order valence-corrected chi connectivity index (χ4v) is 11.4. The lowest BCUT2D eigenvalue weighted by Gasteiger charge is -2.40. The van der Waals surface area contributed by atoms with Crippen molar-refractivity contribution in [2.24, 2.45) is 0 Å². The van der Waals surface area contributed by atoms with Gasteiger partial charge < -0.3 is 9.47 Å². The zero-order valence-electron chi connectivity index (χ0n) is 27.1. The molecule has 0 bridgehead atoms. The number of hydrogen-bond donors (Lipinski definition) is 0. The van der Waals surface area contributed by atoms with Crippen molar-refractivity contribution < 1.29 is 21.5 Å². The van der Waals surface area contributed by atoms with Gasteiger partial charge in [0.25, 0.3) is 0 Å². The van der Waals surface area contributed by atoms with Crippen LogP contribution in [0.15, 0.2) is 183 Å². The number of aryl methyl sites for hydroxylation is 1. The summed E-state index contributed by atoms with van der Waals surface area (Å²) < 4.78 is 47.2. The molecule has 0 amide bonds. The van der Waals surface area contributed by atoms with E-state index in [4.69, 9.17) is 13.1 Å². The van der Waals surface area contributed by atoms with Gasteiger partial charge in [0.2, 0.25) is 0 Å². The average Bonchev–Trinajstić information content (AvgIpc) is 3.15. The van der Waals surface area contributed by atoms with E-state index in [0.717, 1.165) is 15.4 Å². The topological polar surface area (TPSA) is 61.8 Å². The molecule has 7 aromatic rings. The Morgan fingerprint density at radius 3 is 1.82 bits per heavy atom. The molecule has 0 radical (unpaired) electrons. The summed E-state index contributed by atoms with van der Waals surface area (Å²) in [4.78, 5) is 2.14. The van der Waals surface area contributed by atoms with Crippen LogP contribution in [-0.4, -0.2) is 21.8 Å². The summed E-state index contributed by atoms with van der Waals surface area (Å²) in [6.45, 7) is 2.34. The van der Waals surface area contributed by atoms with Crippen LogP contribution in [0.5, 0.6) is 5.75 Å². The second-order valence-electron chi connectivity index (χ2n) is 11.7. The largest absolute Gasteiger partial charge is 0.466 e. The molecule has 0 spiro atoms. The lowest BCUT2D eigenvalue weighted by Crippen LogP contribution is -2.16. The van der Waals surface area contributed by atoms with Crippen molar-refractivity contribution in [1.29, 1.82) is 0 Å². The first kappa shape index (κ1) is 32.6. The maximum absolute atomic E-state index is 14.1. The van der Waals surface area contributed by atoms with Gasteiger partial charge in [-0.25, -0.2) is 3.63 Å². The molecule has 7 aromatic carbocycles. The summed E-state index contributed by atoms with van der Waals surface area (Å²) in [5.41, 5.74) is 2.16. The molecule has 0 N–H and O–H groups in total. The summed E-state index contributed by atoms with van der Waals surface area (Å²) in [6.07, 6.45) is 0.706. The van der Waals surface area contributed by atoms with Crippen molar-refractivity contribution in [1.82, 2.24) is 0 Å². The molecule has 0 heterocycles. The normalized spacial score (nSPS) is 12.3. The van der Waals surface area contributed by atoms with Gasteiger partial charge in [-0.1, -0.05) is 121 Å². The Hall–Kier alpha value is -4.92. The minimum Gasteiger partial charge on any atom is -0.466 e. The van der Waals surface area contributed by atoms with Gasteiger partial charge in [-0.3, -0.25) is 0 Å². The zero-order valence-corrected chi connectivity index (χ0v) is 28.7. The van der Waals surface area contributed by atoms with Crippen LogP contribution in [-0.2, 0) is 24.9 Å². The highest BCUT2D eigenvalue weighted by atomic mass is 32.3. The summed E-state index contributed by atoms with van der Waals surface area (Å²) >= 11 is 0. The fraction of sp³-hybridized carbons (Fsp3) is 0.0952. The van der Waals surface area contributed by atoms with Crippen molar-refractivity contribution in [3.05, 3.63) is 175 Å². The third-order valence-electron chi connectivity index (χ3n) is 8.48. The maximum atomic E-state index is 14.1. The van der Waals surface area contributed by atoms with Gasteiger partial charge in [0, 0.05) is 9.79 Å². The molecule has 0 saturated heterocycles. The molecule has 49 heavy (non-hydrogen) atoms. The van der Waals surface area contributed by atoms with Crippen molar-refractivity contribution in [2.75, 3.05) is 13.4 Å². The molecule has 5 nitrogen and oxygen atoms in total. The van der Waals surface area contributed by atoms with E-state index in [1.54, 1.807) is 24.3 Å². The first-order chi connectivity index (χ1) is 24.0. The maximum Gasteiger partial charge on any atom is 0.307 e. The molecule has 0 aliphatic carbocycles. The number of ether oxygens (including phenoxy) is 2. The molecule has 0 atom stereocenters. The van der Waals surface area contributed by atoms with Crippen LogP contribution in [0.3, 0.4) is 0 Å². The van der Waals surface area contributed by atoms with Crippen LogP contribution >= 0.6 is 10.3 Å². The molecule has 7 heteroatoms. The number of benzene rings is 7. The predicted molar refractivity (Wildman–Crippen MR) is 198 cm³/mol. The quantitative estimate of drug-likeness (QED) is 0.0728. The molecule has 0 aromatic heterocycles.